The second kappa shape index (κ2) is 6.61. The highest BCUT2D eigenvalue weighted by Crippen LogP contribution is 2.46. The van der Waals surface area contributed by atoms with Crippen molar-refractivity contribution in [1.29, 1.82) is 0 Å². The van der Waals surface area contributed by atoms with Gasteiger partial charge in [0.15, 0.2) is 0 Å². The maximum Gasteiger partial charge on any atom is 0.226 e. The number of benzene rings is 1. The van der Waals surface area contributed by atoms with Gasteiger partial charge in [-0.25, -0.2) is 4.98 Å². The van der Waals surface area contributed by atoms with E-state index in [1.54, 1.807) is 12.1 Å². The van der Waals surface area contributed by atoms with E-state index in [4.69, 9.17) is 0 Å². The number of piperazine rings is 1. The van der Waals surface area contributed by atoms with Gasteiger partial charge in [-0.3, -0.25) is 4.79 Å². The molecule has 1 aliphatic carbocycles. The van der Waals surface area contributed by atoms with Gasteiger partial charge in [-0.15, -0.1) is 0 Å². The molecule has 2 heterocycles. The lowest BCUT2D eigenvalue weighted by Gasteiger charge is -2.46. The van der Waals surface area contributed by atoms with Crippen LogP contribution in [0, 0.1) is 5.92 Å². The highest BCUT2D eigenvalue weighted by Gasteiger charge is 2.48. The molecule has 1 aliphatic heterocycles. The van der Waals surface area contributed by atoms with E-state index in [-0.39, 0.29) is 17.6 Å². The minimum absolute atomic E-state index is 0.0986. The van der Waals surface area contributed by atoms with E-state index in [2.05, 4.69) is 9.88 Å². The van der Waals surface area contributed by atoms with E-state index in [1.807, 2.05) is 35.2 Å². The lowest BCUT2D eigenvalue weighted by molar-refractivity contribution is -0.153. The summed E-state index contributed by atoms with van der Waals surface area (Å²) in [5, 5.41) is 20.0. The summed E-state index contributed by atoms with van der Waals surface area (Å²) >= 11 is 0. The van der Waals surface area contributed by atoms with Crippen molar-refractivity contribution in [1.82, 2.24) is 9.88 Å². The number of carbonyl (C=O) groups excluding carboxylic acids is 1. The third kappa shape index (κ3) is 3.12. The summed E-state index contributed by atoms with van der Waals surface area (Å²) in [5.41, 5.74) is 0.0339. The van der Waals surface area contributed by atoms with E-state index in [1.165, 1.54) is 6.20 Å². The van der Waals surface area contributed by atoms with Crippen LogP contribution in [0.15, 0.2) is 48.7 Å². The maximum absolute atomic E-state index is 12.7. The fourth-order valence-electron chi connectivity index (χ4n) is 3.89. The molecule has 2 fully saturated rings. The minimum atomic E-state index is -0.862. The van der Waals surface area contributed by atoms with Crippen LogP contribution in [0.3, 0.4) is 0 Å². The molecule has 0 bridgehead atoms. The van der Waals surface area contributed by atoms with Crippen molar-refractivity contribution in [2.45, 2.75) is 18.4 Å². The van der Waals surface area contributed by atoms with Crippen molar-refractivity contribution in [3.63, 3.8) is 0 Å². The highest BCUT2D eigenvalue weighted by atomic mass is 16.3. The summed E-state index contributed by atoms with van der Waals surface area (Å²) in [7, 11) is 0. The predicted octanol–water partition coefficient (Wildman–Crippen LogP) is 1.73. The largest absolute Gasteiger partial charge is 0.506 e. The number of hydrogen-bond acceptors (Lipinski definition) is 5. The molecule has 0 spiro atoms. The van der Waals surface area contributed by atoms with Gasteiger partial charge in [-0.2, -0.15) is 0 Å². The van der Waals surface area contributed by atoms with E-state index < -0.39 is 5.60 Å². The van der Waals surface area contributed by atoms with E-state index in [0.717, 1.165) is 24.5 Å². The Labute approximate surface area is 152 Å². The number of nitrogens with zero attached hydrogens (tertiary/aromatic N) is 3. The molecule has 2 N–H and O–H groups in total. The first kappa shape index (κ1) is 16.8. The zero-order valence-electron chi connectivity index (χ0n) is 14.6. The Morgan fingerprint density at radius 3 is 2.35 bits per heavy atom. The Hall–Kier alpha value is -2.60. The van der Waals surface area contributed by atoms with Crippen LogP contribution in [0.2, 0.25) is 0 Å². The molecule has 6 heteroatoms. The minimum Gasteiger partial charge on any atom is -0.506 e. The summed E-state index contributed by atoms with van der Waals surface area (Å²) in [6.45, 7) is 2.75. The van der Waals surface area contributed by atoms with Crippen molar-refractivity contribution in [2.75, 3.05) is 31.1 Å². The second-order valence-electron chi connectivity index (χ2n) is 7.19. The van der Waals surface area contributed by atoms with Gasteiger partial charge in [0, 0.05) is 32.1 Å². The van der Waals surface area contributed by atoms with E-state index in [9.17, 15) is 15.0 Å². The average molecular weight is 353 g/mol. The SMILES string of the molecule is O=C(C1CC(O)(c2ccccc2)C1)N1CCN(c2ccc(O)cn2)CC1. The van der Waals surface area contributed by atoms with Gasteiger partial charge < -0.3 is 20.0 Å². The number of pyridine rings is 1. The Bertz CT molecular complexity index is 765. The maximum atomic E-state index is 12.7. The smallest absolute Gasteiger partial charge is 0.226 e. The Balaban J connectivity index is 1.31. The predicted molar refractivity (Wildman–Crippen MR) is 97.8 cm³/mol. The van der Waals surface area contributed by atoms with Crippen molar-refractivity contribution >= 4 is 11.7 Å². The molecule has 2 aliphatic rings. The molecule has 26 heavy (non-hydrogen) atoms. The average Bonchev–Trinajstić information content (AvgIpc) is 2.66. The van der Waals surface area contributed by atoms with Gasteiger partial charge in [0.1, 0.15) is 11.6 Å². The quantitative estimate of drug-likeness (QED) is 0.879. The van der Waals surface area contributed by atoms with Gasteiger partial charge in [0.2, 0.25) is 5.91 Å². The number of aliphatic hydroxyl groups is 1. The summed E-state index contributed by atoms with van der Waals surface area (Å²) in [6.07, 6.45) is 2.43. The molecule has 1 aromatic heterocycles. The summed E-state index contributed by atoms with van der Waals surface area (Å²) in [5.74, 6) is 1.01. The first-order valence-electron chi connectivity index (χ1n) is 9.02. The van der Waals surface area contributed by atoms with Gasteiger partial charge in [0.05, 0.1) is 11.8 Å². The van der Waals surface area contributed by atoms with Crippen molar-refractivity contribution in [2.24, 2.45) is 5.92 Å². The molecule has 0 atom stereocenters. The molecule has 136 valence electrons. The Morgan fingerprint density at radius 2 is 1.73 bits per heavy atom. The first-order valence-corrected chi connectivity index (χ1v) is 9.02. The zero-order valence-corrected chi connectivity index (χ0v) is 14.6. The standard InChI is InChI=1S/C20H23N3O3/c24-17-6-7-18(21-14-17)22-8-10-23(11-9-22)19(25)15-12-20(26,13-15)16-4-2-1-3-5-16/h1-7,14-15,24,26H,8-13H2. The van der Waals surface area contributed by atoms with Crippen LogP contribution < -0.4 is 4.90 Å². The molecule has 6 nitrogen and oxygen atoms in total. The molecule has 0 unspecified atom stereocenters. The molecule has 0 radical (unpaired) electrons. The van der Waals surface area contributed by atoms with Crippen LogP contribution in [0.1, 0.15) is 18.4 Å². The number of carbonyl (C=O) groups is 1. The monoisotopic (exact) mass is 353 g/mol. The van der Waals surface area contributed by atoms with Crippen LogP contribution in [0.4, 0.5) is 5.82 Å². The molecule has 4 rings (SSSR count). The summed E-state index contributed by atoms with van der Waals surface area (Å²) in [4.78, 5) is 21.0. The number of amides is 1. The molecule has 2 aromatic rings. The number of hydrogen-bond donors (Lipinski definition) is 2. The van der Waals surface area contributed by atoms with Crippen molar-refractivity contribution in [3.05, 3.63) is 54.2 Å². The van der Waals surface area contributed by atoms with Gasteiger partial charge in [0.25, 0.3) is 0 Å². The fraction of sp³-hybridized carbons (Fsp3) is 0.400. The van der Waals surface area contributed by atoms with Crippen LogP contribution >= 0.6 is 0 Å². The lowest BCUT2D eigenvalue weighted by atomic mass is 9.67. The summed E-state index contributed by atoms with van der Waals surface area (Å²) < 4.78 is 0. The fourth-order valence-corrected chi connectivity index (χ4v) is 3.89. The van der Waals surface area contributed by atoms with Gasteiger partial charge >= 0.3 is 0 Å². The molecule has 1 aromatic carbocycles. The highest BCUT2D eigenvalue weighted by molar-refractivity contribution is 5.80. The molecule has 1 saturated heterocycles. The van der Waals surface area contributed by atoms with Crippen LogP contribution in [0.5, 0.6) is 5.75 Å². The zero-order chi connectivity index (χ0) is 18.1. The van der Waals surface area contributed by atoms with Crippen LogP contribution in [-0.4, -0.2) is 52.2 Å². The third-order valence-electron chi connectivity index (χ3n) is 5.48. The normalized spacial score (nSPS) is 25.7. The number of rotatable bonds is 3. The molecule has 1 saturated carbocycles. The van der Waals surface area contributed by atoms with E-state index >= 15 is 0 Å². The summed E-state index contributed by atoms with van der Waals surface area (Å²) in [6, 6.07) is 13.0. The third-order valence-corrected chi connectivity index (χ3v) is 5.48. The van der Waals surface area contributed by atoms with Crippen molar-refractivity contribution < 1.29 is 15.0 Å². The molecular weight excluding hydrogens is 330 g/mol. The van der Waals surface area contributed by atoms with Gasteiger partial charge in [-0.1, -0.05) is 30.3 Å². The van der Waals surface area contributed by atoms with Crippen LogP contribution in [-0.2, 0) is 10.4 Å². The second-order valence-corrected chi connectivity index (χ2v) is 7.19. The number of aromatic nitrogens is 1. The molecular formula is C20H23N3O3. The first-order chi connectivity index (χ1) is 12.5. The van der Waals surface area contributed by atoms with Gasteiger partial charge in [-0.05, 0) is 30.5 Å². The Kier molecular flexibility index (Phi) is 4.28. The van der Waals surface area contributed by atoms with E-state index in [0.29, 0.717) is 25.9 Å². The Morgan fingerprint density at radius 1 is 1.04 bits per heavy atom. The lowest BCUT2D eigenvalue weighted by Crippen LogP contribution is -2.54. The molecule has 1 amide bonds. The topological polar surface area (TPSA) is 76.9 Å². The van der Waals surface area contributed by atoms with Crippen LogP contribution in [0.25, 0.3) is 0 Å². The number of aromatic hydroxyl groups is 1. The van der Waals surface area contributed by atoms with Crippen molar-refractivity contribution in [3.8, 4) is 5.75 Å². The number of anilines is 1.